The largest absolute Gasteiger partial charge is 0.494 e. The highest BCUT2D eigenvalue weighted by molar-refractivity contribution is 7.16. The minimum absolute atomic E-state index is 0.0356. The van der Waals surface area contributed by atoms with E-state index in [1.54, 1.807) is 23.6 Å². The first-order chi connectivity index (χ1) is 13.1. The Hall–Kier alpha value is -2.78. The Morgan fingerprint density at radius 3 is 2.89 bits per heavy atom. The molecule has 2 aromatic heterocycles. The van der Waals surface area contributed by atoms with Crippen molar-refractivity contribution in [3.8, 4) is 16.3 Å². The fourth-order valence-corrected chi connectivity index (χ4v) is 3.83. The number of amides is 1. The van der Waals surface area contributed by atoms with Crippen molar-refractivity contribution in [2.45, 2.75) is 19.8 Å². The van der Waals surface area contributed by atoms with E-state index in [1.807, 2.05) is 6.07 Å². The summed E-state index contributed by atoms with van der Waals surface area (Å²) >= 11 is 2.51. The molecule has 2 heterocycles. The Bertz CT molecular complexity index is 951. The number of thiophene rings is 1. The van der Waals surface area contributed by atoms with Crippen LogP contribution in [0, 0.1) is 10.1 Å². The minimum Gasteiger partial charge on any atom is -0.494 e. The Morgan fingerprint density at radius 2 is 2.15 bits per heavy atom. The van der Waals surface area contributed by atoms with Crippen molar-refractivity contribution in [1.82, 2.24) is 4.98 Å². The molecule has 0 unspecified atom stereocenters. The number of rotatable bonds is 8. The first-order valence-corrected chi connectivity index (χ1v) is 10.1. The summed E-state index contributed by atoms with van der Waals surface area (Å²) in [7, 11) is 0. The monoisotopic (exact) mass is 403 g/mol. The summed E-state index contributed by atoms with van der Waals surface area (Å²) in [6.45, 7) is 2.70. The number of anilines is 1. The highest BCUT2D eigenvalue weighted by Crippen LogP contribution is 2.33. The average Bonchev–Trinajstić information content (AvgIpc) is 3.31. The third-order valence-electron chi connectivity index (χ3n) is 3.64. The molecule has 0 saturated heterocycles. The van der Waals surface area contributed by atoms with Crippen LogP contribution in [-0.4, -0.2) is 22.4 Å². The molecule has 0 radical (unpaired) electrons. The van der Waals surface area contributed by atoms with Crippen LogP contribution in [0.2, 0.25) is 0 Å². The van der Waals surface area contributed by atoms with Gasteiger partial charge in [-0.15, -0.1) is 22.7 Å². The number of ether oxygens (including phenoxy) is 1. The van der Waals surface area contributed by atoms with Gasteiger partial charge in [-0.25, -0.2) is 4.98 Å². The summed E-state index contributed by atoms with van der Waals surface area (Å²) in [6.07, 6.45) is 2.00. The molecule has 140 valence electrons. The van der Waals surface area contributed by atoms with E-state index in [-0.39, 0.29) is 11.6 Å². The molecule has 3 aromatic rings. The first kappa shape index (κ1) is 19.0. The summed E-state index contributed by atoms with van der Waals surface area (Å²) < 4.78 is 5.62. The maximum absolute atomic E-state index is 12.4. The van der Waals surface area contributed by atoms with Gasteiger partial charge in [0.1, 0.15) is 5.75 Å². The lowest BCUT2D eigenvalue weighted by Gasteiger charge is -2.07. The van der Waals surface area contributed by atoms with Crippen LogP contribution in [0.1, 0.15) is 30.1 Å². The number of aromatic nitrogens is 1. The number of nitro groups is 1. The summed E-state index contributed by atoms with van der Waals surface area (Å²) in [5.74, 6) is 0.371. The van der Waals surface area contributed by atoms with E-state index in [0.29, 0.717) is 33.6 Å². The van der Waals surface area contributed by atoms with Crippen LogP contribution < -0.4 is 10.1 Å². The maximum Gasteiger partial charge on any atom is 0.280 e. The quantitative estimate of drug-likeness (QED) is 0.316. The number of unbranched alkanes of at least 4 members (excludes halogenated alkanes) is 1. The molecule has 0 aliphatic carbocycles. The van der Waals surface area contributed by atoms with Crippen molar-refractivity contribution in [2.24, 2.45) is 0 Å². The molecular weight excluding hydrogens is 386 g/mol. The molecule has 1 aromatic carbocycles. The fraction of sp³-hybridized carbons (Fsp3) is 0.222. The predicted octanol–water partition coefficient (Wildman–Crippen LogP) is 5.21. The molecule has 3 rings (SSSR count). The van der Waals surface area contributed by atoms with Gasteiger partial charge in [0, 0.05) is 17.0 Å². The Kier molecular flexibility index (Phi) is 6.15. The third-order valence-corrected chi connectivity index (χ3v) is 5.33. The van der Waals surface area contributed by atoms with Gasteiger partial charge in [0.15, 0.2) is 5.13 Å². The van der Waals surface area contributed by atoms with Gasteiger partial charge >= 0.3 is 0 Å². The number of nitrogens with zero attached hydrogens (tertiary/aromatic N) is 2. The van der Waals surface area contributed by atoms with Gasteiger partial charge in [-0.1, -0.05) is 19.4 Å². The molecule has 0 fully saturated rings. The highest BCUT2D eigenvalue weighted by atomic mass is 32.1. The minimum atomic E-state index is -0.440. The number of hydrogen-bond donors (Lipinski definition) is 1. The third kappa shape index (κ3) is 4.89. The molecule has 1 amide bonds. The van der Waals surface area contributed by atoms with E-state index in [2.05, 4.69) is 17.2 Å². The van der Waals surface area contributed by atoms with Gasteiger partial charge in [-0.3, -0.25) is 20.2 Å². The van der Waals surface area contributed by atoms with Crippen LogP contribution in [0.25, 0.3) is 10.6 Å². The molecule has 0 aliphatic rings. The van der Waals surface area contributed by atoms with E-state index < -0.39 is 4.92 Å². The van der Waals surface area contributed by atoms with E-state index in [0.717, 1.165) is 12.8 Å². The number of nitrogens with one attached hydrogen (secondary N) is 1. The number of thiazole rings is 1. The van der Waals surface area contributed by atoms with Crippen LogP contribution in [0.4, 0.5) is 10.8 Å². The van der Waals surface area contributed by atoms with Crippen molar-refractivity contribution < 1.29 is 14.5 Å². The molecule has 0 saturated carbocycles. The van der Waals surface area contributed by atoms with Crippen LogP contribution in [0.15, 0.2) is 41.1 Å². The summed E-state index contributed by atoms with van der Waals surface area (Å²) in [6, 6.07) is 8.47. The van der Waals surface area contributed by atoms with Crippen molar-refractivity contribution in [1.29, 1.82) is 0 Å². The second kappa shape index (κ2) is 8.74. The molecule has 0 atom stereocenters. The van der Waals surface area contributed by atoms with Gasteiger partial charge in [-0.05, 0) is 24.6 Å². The molecule has 1 N–H and O–H groups in total. The van der Waals surface area contributed by atoms with Gasteiger partial charge in [-0.2, -0.15) is 0 Å². The van der Waals surface area contributed by atoms with Gasteiger partial charge in [0.2, 0.25) is 0 Å². The van der Waals surface area contributed by atoms with E-state index in [1.165, 1.54) is 34.1 Å². The second-order valence-electron chi connectivity index (χ2n) is 5.65. The molecule has 9 heteroatoms. The Balaban J connectivity index is 1.67. The lowest BCUT2D eigenvalue weighted by Crippen LogP contribution is -2.11. The number of hydrogen-bond acceptors (Lipinski definition) is 7. The molecule has 0 aliphatic heterocycles. The topological polar surface area (TPSA) is 94.4 Å². The van der Waals surface area contributed by atoms with Crippen LogP contribution >= 0.6 is 22.7 Å². The smallest absolute Gasteiger partial charge is 0.280 e. The Morgan fingerprint density at radius 1 is 1.30 bits per heavy atom. The van der Waals surface area contributed by atoms with E-state index >= 15 is 0 Å². The standard InChI is InChI=1S/C18H17N3O4S2/c1-2-3-7-25-14-6-4-5-12(8-14)17(22)20-18-19-15(11-27-18)16-9-13(10-26-16)21(23)24/h4-6,8-11H,2-3,7H2,1H3,(H,19,20,22). The zero-order valence-corrected chi connectivity index (χ0v) is 16.1. The second-order valence-corrected chi connectivity index (χ2v) is 7.42. The van der Waals surface area contributed by atoms with Gasteiger partial charge in [0.05, 0.1) is 27.5 Å². The lowest BCUT2D eigenvalue weighted by atomic mass is 10.2. The van der Waals surface area contributed by atoms with E-state index in [4.69, 9.17) is 4.74 Å². The van der Waals surface area contributed by atoms with Crippen LogP contribution in [-0.2, 0) is 0 Å². The van der Waals surface area contributed by atoms with Crippen LogP contribution in [0.3, 0.4) is 0 Å². The number of carbonyl (C=O) groups is 1. The first-order valence-electron chi connectivity index (χ1n) is 8.30. The summed E-state index contributed by atoms with van der Waals surface area (Å²) in [5, 5.41) is 17.2. The zero-order valence-electron chi connectivity index (χ0n) is 14.5. The van der Waals surface area contributed by atoms with E-state index in [9.17, 15) is 14.9 Å². The molecular formula is C18H17N3O4S2. The highest BCUT2D eigenvalue weighted by Gasteiger charge is 2.15. The predicted molar refractivity (Wildman–Crippen MR) is 107 cm³/mol. The van der Waals surface area contributed by atoms with Gasteiger partial charge < -0.3 is 4.74 Å². The molecule has 0 bridgehead atoms. The van der Waals surface area contributed by atoms with Crippen molar-refractivity contribution in [3.63, 3.8) is 0 Å². The van der Waals surface area contributed by atoms with Gasteiger partial charge in [0.25, 0.3) is 11.6 Å². The van der Waals surface area contributed by atoms with Crippen LogP contribution in [0.5, 0.6) is 5.75 Å². The zero-order chi connectivity index (χ0) is 19.2. The Labute approximate surface area is 163 Å². The maximum atomic E-state index is 12.4. The van der Waals surface area contributed by atoms with Crippen molar-refractivity contribution >= 4 is 39.4 Å². The van der Waals surface area contributed by atoms with Crippen molar-refractivity contribution in [3.05, 3.63) is 56.8 Å². The lowest BCUT2D eigenvalue weighted by molar-refractivity contribution is -0.384. The van der Waals surface area contributed by atoms with Crippen molar-refractivity contribution in [2.75, 3.05) is 11.9 Å². The molecule has 27 heavy (non-hydrogen) atoms. The summed E-state index contributed by atoms with van der Waals surface area (Å²) in [4.78, 5) is 27.8. The normalized spacial score (nSPS) is 10.6. The average molecular weight is 403 g/mol. The number of benzene rings is 1. The number of carbonyl (C=O) groups excluding carboxylic acids is 1. The summed E-state index contributed by atoms with van der Waals surface area (Å²) in [5.41, 5.74) is 1.12. The molecule has 7 nitrogen and oxygen atoms in total. The fourth-order valence-electron chi connectivity index (χ4n) is 2.23. The SMILES string of the molecule is CCCCOc1cccc(C(=O)Nc2nc(-c3cc([N+](=O)[O-])cs3)cs2)c1. The molecule has 0 spiro atoms.